The summed E-state index contributed by atoms with van der Waals surface area (Å²) in [5.41, 5.74) is 3.22. The van der Waals surface area contributed by atoms with Crippen LogP contribution in [0, 0.1) is 0 Å². The number of piperazine rings is 1. The predicted molar refractivity (Wildman–Crippen MR) is 144 cm³/mol. The van der Waals surface area contributed by atoms with Gasteiger partial charge in [-0.25, -0.2) is 4.99 Å². The van der Waals surface area contributed by atoms with Crippen molar-refractivity contribution in [2.45, 2.75) is 57.6 Å². The summed E-state index contributed by atoms with van der Waals surface area (Å²) in [5, 5.41) is 0. The highest BCUT2D eigenvalue weighted by atomic mass is 16.5. The molecule has 1 atom stereocenters. The summed E-state index contributed by atoms with van der Waals surface area (Å²) in [4.78, 5) is 26.9. The fourth-order valence-electron chi connectivity index (χ4n) is 5.10. The Morgan fingerprint density at radius 2 is 1.92 bits per heavy atom. The van der Waals surface area contributed by atoms with Crippen molar-refractivity contribution in [3.05, 3.63) is 54.1 Å². The van der Waals surface area contributed by atoms with Crippen molar-refractivity contribution in [1.82, 2.24) is 4.90 Å². The van der Waals surface area contributed by atoms with E-state index in [0.717, 1.165) is 67.5 Å². The quantitative estimate of drug-likeness (QED) is 0.520. The number of aliphatic imine (C=N–C) groups is 2. The second kappa shape index (κ2) is 11.1. The first kappa shape index (κ1) is 24.3. The smallest absolute Gasteiger partial charge is 0.228 e. The van der Waals surface area contributed by atoms with Gasteiger partial charge in [-0.3, -0.25) is 9.79 Å². The molecule has 2 aromatic carbocycles. The number of hydrogen-bond donors (Lipinski definition) is 0. The van der Waals surface area contributed by atoms with Gasteiger partial charge >= 0.3 is 0 Å². The molecule has 3 aliphatic rings. The minimum absolute atomic E-state index is 0.0697. The summed E-state index contributed by atoms with van der Waals surface area (Å²) in [5.74, 6) is 2.57. The lowest BCUT2D eigenvalue weighted by molar-refractivity contribution is -0.132. The summed E-state index contributed by atoms with van der Waals surface area (Å²) in [6.45, 7) is 4.81. The lowest BCUT2D eigenvalue weighted by Crippen LogP contribution is -2.56. The third kappa shape index (κ3) is 5.55. The number of anilines is 1. The van der Waals surface area contributed by atoms with Crippen molar-refractivity contribution in [1.29, 1.82) is 0 Å². The van der Waals surface area contributed by atoms with Gasteiger partial charge < -0.3 is 19.3 Å². The number of nitrogens with zero attached hydrogens (tertiary/aromatic N) is 4. The molecule has 0 N–H and O–H groups in total. The number of amides is 1. The van der Waals surface area contributed by atoms with Crippen molar-refractivity contribution < 1.29 is 14.3 Å². The Kier molecular flexibility index (Phi) is 7.54. The lowest BCUT2D eigenvalue weighted by atomic mass is 9.96. The summed E-state index contributed by atoms with van der Waals surface area (Å²) in [6, 6.07) is 16.7. The topological polar surface area (TPSA) is 66.7 Å². The Labute approximate surface area is 213 Å². The maximum atomic E-state index is 13.4. The second-order valence-corrected chi connectivity index (χ2v) is 9.82. The fraction of sp³-hybridized carbons (Fsp3) is 0.483. The van der Waals surface area contributed by atoms with E-state index in [1.54, 1.807) is 7.11 Å². The molecular weight excluding hydrogens is 452 g/mol. The molecular formula is C29H36N4O3. The van der Waals surface area contributed by atoms with Gasteiger partial charge in [-0.15, -0.1) is 0 Å². The summed E-state index contributed by atoms with van der Waals surface area (Å²) in [6.07, 6.45) is 5.68. The van der Waals surface area contributed by atoms with Gasteiger partial charge in [0.1, 0.15) is 5.84 Å². The zero-order valence-corrected chi connectivity index (χ0v) is 21.4. The van der Waals surface area contributed by atoms with Gasteiger partial charge in [0.25, 0.3) is 0 Å². The number of ether oxygens (including phenoxy) is 2. The Morgan fingerprint density at radius 1 is 1.08 bits per heavy atom. The number of rotatable bonds is 9. The van der Waals surface area contributed by atoms with E-state index < -0.39 is 0 Å². The van der Waals surface area contributed by atoms with Crippen LogP contribution in [0.4, 0.5) is 5.69 Å². The van der Waals surface area contributed by atoms with Crippen LogP contribution < -0.4 is 14.4 Å². The molecule has 1 saturated carbocycles. The van der Waals surface area contributed by atoms with Crippen molar-refractivity contribution >= 4 is 23.1 Å². The number of benzene rings is 2. The highest BCUT2D eigenvalue weighted by Gasteiger charge is 2.32. The molecule has 2 aromatic rings. The van der Waals surface area contributed by atoms with Crippen molar-refractivity contribution in [3.63, 3.8) is 0 Å². The normalized spacial score (nSPS) is 20.0. The van der Waals surface area contributed by atoms with Gasteiger partial charge in [0.15, 0.2) is 11.5 Å². The number of amidine groups is 1. The molecule has 2 fully saturated rings. The number of methoxy groups -OCH3 is 1. The molecule has 1 aliphatic carbocycles. The van der Waals surface area contributed by atoms with Crippen LogP contribution in [-0.4, -0.2) is 67.8 Å². The van der Waals surface area contributed by atoms with Gasteiger partial charge in [-0.1, -0.05) is 37.3 Å². The molecule has 0 bridgehead atoms. The van der Waals surface area contributed by atoms with E-state index in [-0.39, 0.29) is 18.1 Å². The van der Waals surface area contributed by atoms with Gasteiger partial charge in [0.05, 0.1) is 37.9 Å². The van der Waals surface area contributed by atoms with Crippen LogP contribution >= 0.6 is 0 Å². The summed E-state index contributed by atoms with van der Waals surface area (Å²) < 4.78 is 11.8. The molecule has 7 nitrogen and oxygen atoms in total. The van der Waals surface area contributed by atoms with Crippen LogP contribution in [0.2, 0.25) is 0 Å². The minimum atomic E-state index is 0.0697. The minimum Gasteiger partial charge on any atom is -0.493 e. The monoisotopic (exact) mass is 488 g/mol. The van der Waals surface area contributed by atoms with Crippen molar-refractivity contribution in [3.8, 4) is 11.5 Å². The third-order valence-electron chi connectivity index (χ3n) is 7.38. The van der Waals surface area contributed by atoms with Gasteiger partial charge in [-0.05, 0) is 43.4 Å². The van der Waals surface area contributed by atoms with Crippen molar-refractivity contribution in [2.75, 3.05) is 38.2 Å². The Bertz CT molecular complexity index is 1130. The SMILES string of the molecule is CCC1=NCC(CC(=O)N2CCN(c3ccc(OC)c(OC4CCC4)c3)C[C@@H]2Cc2ccccc2)=N1. The summed E-state index contributed by atoms with van der Waals surface area (Å²) in [7, 11) is 1.69. The molecule has 2 aliphatic heterocycles. The highest BCUT2D eigenvalue weighted by molar-refractivity contribution is 6.10. The molecule has 1 amide bonds. The van der Waals surface area contributed by atoms with Gasteiger partial charge in [0, 0.05) is 37.8 Å². The molecule has 2 heterocycles. The largest absolute Gasteiger partial charge is 0.493 e. The predicted octanol–water partition coefficient (Wildman–Crippen LogP) is 4.54. The molecule has 7 heteroatoms. The first-order chi connectivity index (χ1) is 17.6. The van der Waals surface area contributed by atoms with Crippen LogP contribution in [0.15, 0.2) is 58.5 Å². The van der Waals surface area contributed by atoms with E-state index in [1.165, 1.54) is 12.0 Å². The highest BCUT2D eigenvalue weighted by Crippen LogP contribution is 2.36. The Morgan fingerprint density at radius 3 is 2.61 bits per heavy atom. The standard InChI is InChI=1S/C29H36N4O3/c1-3-28-30-19-22(31-28)17-29(34)33-15-14-32(20-24(33)16-21-8-5-4-6-9-21)23-12-13-26(35-2)27(18-23)36-25-10-7-11-25/h4-6,8-9,12-13,18,24-25H,3,7,10-11,14-17,19-20H2,1-2H3/t24-/m0/s1. The maximum absolute atomic E-state index is 13.4. The van der Waals surface area contributed by atoms with Crippen LogP contribution in [0.25, 0.3) is 0 Å². The average Bonchev–Trinajstić information content (AvgIpc) is 3.34. The number of carbonyl (C=O) groups is 1. The Balaban J connectivity index is 1.33. The molecule has 0 radical (unpaired) electrons. The second-order valence-electron chi connectivity index (χ2n) is 9.82. The molecule has 0 spiro atoms. The first-order valence-electron chi connectivity index (χ1n) is 13.2. The fourth-order valence-corrected chi connectivity index (χ4v) is 5.10. The van der Waals surface area contributed by atoms with E-state index in [0.29, 0.717) is 19.5 Å². The molecule has 5 rings (SSSR count). The third-order valence-corrected chi connectivity index (χ3v) is 7.38. The van der Waals surface area contributed by atoms with Crippen LogP contribution in [0.1, 0.15) is 44.6 Å². The molecule has 0 aromatic heterocycles. The number of hydrogen-bond acceptors (Lipinski definition) is 6. The van der Waals surface area contributed by atoms with Crippen LogP contribution in [0.3, 0.4) is 0 Å². The average molecular weight is 489 g/mol. The van der Waals surface area contributed by atoms with E-state index in [4.69, 9.17) is 9.47 Å². The van der Waals surface area contributed by atoms with E-state index in [1.807, 2.05) is 19.1 Å². The first-order valence-corrected chi connectivity index (χ1v) is 13.2. The zero-order chi connectivity index (χ0) is 24.9. The van der Waals surface area contributed by atoms with Crippen molar-refractivity contribution in [2.24, 2.45) is 9.98 Å². The summed E-state index contributed by atoms with van der Waals surface area (Å²) >= 11 is 0. The maximum Gasteiger partial charge on any atom is 0.228 e. The molecule has 0 unspecified atom stereocenters. The molecule has 1 saturated heterocycles. The van der Waals surface area contributed by atoms with Crippen LogP contribution in [-0.2, 0) is 11.2 Å². The Hall–Kier alpha value is -3.35. The zero-order valence-electron chi connectivity index (χ0n) is 21.4. The molecule has 190 valence electrons. The van der Waals surface area contributed by atoms with Crippen LogP contribution in [0.5, 0.6) is 11.5 Å². The number of carbonyl (C=O) groups excluding carboxylic acids is 1. The van der Waals surface area contributed by atoms with E-state index >= 15 is 0 Å². The molecule has 36 heavy (non-hydrogen) atoms. The lowest BCUT2D eigenvalue weighted by Gasteiger charge is -2.43. The van der Waals surface area contributed by atoms with Gasteiger partial charge in [-0.2, -0.15) is 0 Å². The van der Waals surface area contributed by atoms with E-state index in [2.05, 4.69) is 56.2 Å². The van der Waals surface area contributed by atoms with E-state index in [9.17, 15) is 4.79 Å². The van der Waals surface area contributed by atoms with Gasteiger partial charge in [0.2, 0.25) is 5.91 Å².